The summed E-state index contributed by atoms with van der Waals surface area (Å²) in [7, 11) is 0. The normalized spacial score (nSPS) is 14.0. The van der Waals surface area contributed by atoms with Gasteiger partial charge in [0.05, 0.1) is 12.6 Å². The smallest absolute Gasteiger partial charge is 0.0626 e. The minimum Gasteiger partial charge on any atom is -0.394 e. The molecule has 2 N–H and O–H groups in total. The molecule has 0 fully saturated rings. The molecule has 0 radical (unpaired) electrons. The van der Waals surface area contributed by atoms with Gasteiger partial charge in [0.25, 0.3) is 0 Å². The van der Waals surface area contributed by atoms with Crippen LogP contribution in [-0.4, -0.2) is 11.7 Å². The van der Waals surface area contributed by atoms with Crippen LogP contribution in [0.1, 0.15) is 35.7 Å². The van der Waals surface area contributed by atoms with Crippen LogP contribution in [0.2, 0.25) is 5.02 Å². The van der Waals surface area contributed by atoms with Crippen LogP contribution in [0.5, 0.6) is 0 Å². The van der Waals surface area contributed by atoms with Gasteiger partial charge in [-0.2, -0.15) is 0 Å². The Morgan fingerprint density at radius 3 is 2.10 bits per heavy atom. The average molecular weight is 290 g/mol. The highest BCUT2D eigenvalue weighted by Crippen LogP contribution is 2.21. The summed E-state index contributed by atoms with van der Waals surface area (Å²) >= 11 is 5.89. The molecule has 2 rings (SSSR count). The van der Waals surface area contributed by atoms with Crippen LogP contribution >= 0.6 is 11.6 Å². The van der Waals surface area contributed by atoms with E-state index in [1.165, 1.54) is 11.1 Å². The molecule has 0 aliphatic heterocycles. The van der Waals surface area contributed by atoms with Crippen molar-refractivity contribution in [2.45, 2.75) is 25.9 Å². The molecule has 0 aromatic heterocycles. The summed E-state index contributed by atoms with van der Waals surface area (Å²) in [5, 5.41) is 13.7. The second-order valence-electron chi connectivity index (χ2n) is 5.09. The van der Waals surface area contributed by atoms with E-state index in [1.807, 2.05) is 24.3 Å². The van der Waals surface area contributed by atoms with Crippen molar-refractivity contribution < 1.29 is 5.11 Å². The van der Waals surface area contributed by atoms with E-state index in [2.05, 4.69) is 43.4 Å². The maximum atomic E-state index is 9.59. The van der Waals surface area contributed by atoms with Gasteiger partial charge >= 0.3 is 0 Å². The Morgan fingerprint density at radius 2 is 1.55 bits per heavy atom. The Bertz CT molecular complexity index is 536. The molecular weight excluding hydrogens is 270 g/mol. The van der Waals surface area contributed by atoms with Crippen molar-refractivity contribution in [1.29, 1.82) is 0 Å². The van der Waals surface area contributed by atoms with Crippen molar-refractivity contribution in [2.24, 2.45) is 0 Å². The SMILES string of the molecule is Cc1ccc(C(C)NC(CO)c2ccc(Cl)cc2)cc1. The molecule has 106 valence electrons. The van der Waals surface area contributed by atoms with E-state index < -0.39 is 0 Å². The molecule has 20 heavy (non-hydrogen) atoms. The second kappa shape index (κ2) is 6.89. The van der Waals surface area contributed by atoms with E-state index in [9.17, 15) is 5.11 Å². The molecule has 0 saturated heterocycles. The molecule has 2 aromatic rings. The summed E-state index contributed by atoms with van der Waals surface area (Å²) < 4.78 is 0. The molecule has 0 saturated carbocycles. The van der Waals surface area contributed by atoms with Crippen LogP contribution in [0.25, 0.3) is 0 Å². The molecule has 2 aromatic carbocycles. The number of aryl methyl sites for hydroxylation is 1. The van der Waals surface area contributed by atoms with E-state index in [4.69, 9.17) is 11.6 Å². The lowest BCUT2D eigenvalue weighted by Gasteiger charge is -2.22. The fourth-order valence-corrected chi connectivity index (χ4v) is 2.33. The number of halogens is 1. The Kier molecular flexibility index (Phi) is 5.18. The quantitative estimate of drug-likeness (QED) is 0.871. The molecule has 0 aliphatic rings. The highest BCUT2D eigenvalue weighted by molar-refractivity contribution is 6.30. The van der Waals surface area contributed by atoms with Gasteiger partial charge in [-0.05, 0) is 37.1 Å². The molecule has 0 spiro atoms. The van der Waals surface area contributed by atoms with Crippen molar-refractivity contribution in [3.05, 3.63) is 70.2 Å². The first-order valence-corrected chi connectivity index (χ1v) is 7.17. The van der Waals surface area contributed by atoms with E-state index >= 15 is 0 Å². The molecule has 2 nitrogen and oxygen atoms in total. The lowest BCUT2D eigenvalue weighted by atomic mass is 10.0. The van der Waals surface area contributed by atoms with Crippen molar-refractivity contribution in [1.82, 2.24) is 5.32 Å². The topological polar surface area (TPSA) is 32.3 Å². The zero-order valence-corrected chi connectivity index (χ0v) is 12.6. The minimum absolute atomic E-state index is 0.0534. The first kappa shape index (κ1) is 15.0. The maximum absolute atomic E-state index is 9.59. The lowest BCUT2D eigenvalue weighted by Crippen LogP contribution is -2.27. The Hall–Kier alpha value is -1.35. The highest BCUT2D eigenvalue weighted by Gasteiger charge is 2.14. The van der Waals surface area contributed by atoms with Gasteiger partial charge in [-0.3, -0.25) is 0 Å². The van der Waals surface area contributed by atoms with Crippen molar-refractivity contribution in [3.63, 3.8) is 0 Å². The Morgan fingerprint density at radius 1 is 1.00 bits per heavy atom. The molecule has 3 heteroatoms. The zero-order chi connectivity index (χ0) is 14.5. The highest BCUT2D eigenvalue weighted by atomic mass is 35.5. The van der Waals surface area contributed by atoms with Gasteiger partial charge in [0.1, 0.15) is 0 Å². The zero-order valence-electron chi connectivity index (χ0n) is 11.8. The summed E-state index contributed by atoms with van der Waals surface area (Å²) in [5.41, 5.74) is 3.50. The van der Waals surface area contributed by atoms with Gasteiger partial charge in [-0.1, -0.05) is 53.6 Å². The average Bonchev–Trinajstić information content (AvgIpc) is 2.46. The number of aliphatic hydroxyl groups is 1. The van der Waals surface area contributed by atoms with Gasteiger partial charge in [0.15, 0.2) is 0 Å². The summed E-state index contributed by atoms with van der Waals surface area (Å²) in [6.07, 6.45) is 0. The number of hydrogen-bond donors (Lipinski definition) is 2. The van der Waals surface area contributed by atoms with Crippen LogP contribution in [0.3, 0.4) is 0 Å². The van der Waals surface area contributed by atoms with E-state index in [-0.39, 0.29) is 18.7 Å². The Labute approximate surface area is 125 Å². The number of rotatable bonds is 5. The summed E-state index contributed by atoms with van der Waals surface area (Å²) in [6, 6.07) is 16.1. The van der Waals surface area contributed by atoms with Crippen LogP contribution in [0.15, 0.2) is 48.5 Å². The van der Waals surface area contributed by atoms with Gasteiger partial charge in [0, 0.05) is 11.1 Å². The molecule has 0 aliphatic carbocycles. The molecular formula is C17H20ClNO. The van der Waals surface area contributed by atoms with Crippen LogP contribution in [0, 0.1) is 6.92 Å². The van der Waals surface area contributed by atoms with Crippen molar-refractivity contribution in [3.8, 4) is 0 Å². The van der Waals surface area contributed by atoms with E-state index in [1.54, 1.807) is 0 Å². The second-order valence-corrected chi connectivity index (χ2v) is 5.52. The van der Waals surface area contributed by atoms with Crippen LogP contribution in [-0.2, 0) is 0 Å². The molecule has 2 unspecified atom stereocenters. The monoisotopic (exact) mass is 289 g/mol. The maximum Gasteiger partial charge on any atom is 0.0626 e. The largest absolute Gasteiger partial charge is 0.394 e. The molecule has 0 bridgehead atoms. The molecule has 0 heterocycles. The third-order valence-corrected chi connectivity index (χ3v) is 3.74. The predicted molar refractivity (Wildman–Crippen MR) is 84.0 cm³/mol. The number of hydrogen-bond acceptors (Lipinski definition) is 2. The summed E-state index contributed by atoms with van der Waals surface area (Å²) in [4.78, 5) is 0. The Balaban J connectivity index is 2.09. The standard InChI is InChI=1S/C17H20ClNO/c1-12-3-5-14(6-4-12)13(2)19-17(11-20)15-7-9-16(18)10-8-15/h3-10,13,17,19-20H,11H2,1-2H3. The first-order chi connectivity index (χ1) is 9.60. The van der Waals surface area contributed by atoms with Gasteiger partial charge in [0.2, 0.25) is 0 Å². The van der Waals surface area contributed by atoms with Crippen molar-refractivity contribution in [2.75, 3.05) is 6.61 Å². The lowest BCUT2D eigenvalue weighted by molar-refractivity contribution is 0.235. The van der Waals surface area contributed by atoms with Crippen LogP contribution in [0.4, 0.5) is 0 Å². The third-order valence-electron chi connectivity index (χ3n) is 3.48. The van der Waals surface area contributed by atoms with Gasteiger partial charge in [-0.15, -0.1) is 0 Å². The molecule has 2 atom stereocenters. The summed E-state index contributed by atoms with van der Waals surface area (Å²) in [6.45, 7) is 4.23. The van der Waals surface area contributed by atoms with E-state index in [0.717, 1.165) is 5.56 Å². The first-order valence-electron chi connectivity index (χ1n) is 6.79. The van der Waals surface area contributed by atoms with Crippen LogP contribution < -0.4 is 5.32 Å². The molecule has 0 amide bonds. The number of aliphatic hydroxyl groups excluding tert-OH is 1. The van der Waals surface area contributed by atoms with Gasteiger partial charge < -0.3 is 10.4 Å². The van der Waals surface area contributed by atoms with E-state index in [0.29, 0.717) is 5.02 Å². The third kappa shape index (κ3) is 3.83. The fraction of sp³-hybridized carbons (Fsp3) is 0.294. The fourth-order valence-electron chi connectivity index (χ4n) is 2.20. The van der Waals surface area contributed by atoms with Crippen molar-refractivity contribution >= 4 is 11.6 Å². The number of benzene rings is 2. The number of nitrogens with one attached hydrogen (secondary N) is 1. The predicted octanol–water partition coefficient (Wildman–Crippen LogP) is 4.03. The summed E-state index contributed by atoms with van der Waals surface area (Å²) in [5.74, 6) is 0. The van der Waals surface area contributed by atoms with Gasteiger partial charge in [-0.25, -0.2) is 0 Å². The minimum atomic E-state index is -0.0939.